The van der Waals surface area contributed by atoms with Crippen molar-refractivity contribution >= 4 is 6.09 Å². The molecule has 0 radical (unpaired) electrons. The molecule has 0 saturated carbocycles. The maximum absolute atomic E-state index is 11.5. The van der Waals surface area contributed by atoms with Crippen LogP contribution in [0.3, 0.4) is 0 Å². The monoisotopic (exact) mass is 242 g/mol. The molecular formula is C12H22N2O3. The van der Waals surface area contributed by atoms with E-state index in [1.165, 1.54) is 0 Å². The van der Waals surface area contributed by atoms with Crippen molar-refractivity contribution in [3.63, 3.8) is 0 Å². The van der Waals surface area contributed by atoms with Crippen LogP contribution in [0.5, 0.6) is 0 Å². The Kier molecular flexibility index (Phi) is 3.32. The third-order valence-corrected chi connectivity index (χ3v) is 3.16. The van der Waals surface area contributed by atoms with Crippen molar-refractivity contribution in [2.75, 3.05) is 26.2 Å². The van der Waals surface area contributed by atoms with E-state index in [0.717, 1.165) is 26.1 Å². The predicted molar refractivity (Wildman–Crippen MR) is 63.9 cm³/mol. The summed E-state index contributed by atoms with van der Waals surface area (Å²) < 4.78 is 10.9. The summed E-state index contributed by atoms with van der Waals surface area (Å²) in [6, 6.07) is 0. The Labute approximate surface area is 102 Å². The van der Waals surface area contributed by atoms with Crippen LogP contribution >= 0.6 is 0 Å². The number of hydrogen-bond acceptors (Lipinski definition) is 4. The second-order valence-corrected chi connectivity index (χ2v) is 6.12. The van der Waals surface area contributed by atoms with Gasteiger partial charge in [0.2, 0.25) is 0 Å². The maximum atomic E-state index is 11.5. The van der Waals surface area contributed by atoms with Crippen molar-refractivity contribution in [2.24, 2.45) is 5.41 Å². The number of carbonyl (C=O) groups is 1. The van der Waals surface area contributed by atoms with E-state index in [9.17, 15) is 4.79 Å². The molecule has 0 bridgehead atoms. The van der Waals surface area contributed by atoms with Gasteiger partial charge < -0.3 is 20.1 Å². The van der Waals surface area contributed by atoms with E-state index >= 15 is 0 Å². The van der Waals surface area contributed by atoms with Gasteiger partial charge >= 0.3 is 6.09 Å². The van der Waals surface area contributed by atoms with Gasteiger partial charge in [-0.1, -0.05) is 0 Å². The molecule has 2 N–H and O–H groups in total. The highest BCUT2D eigenvalue weighted by atomic mass is 16.6. The van der Waals surface area contributed by atoms with Crippen molar-refractivity contribution < 1.29 is 14.3 Å². The first-order valence-corrected chi connectivity index (χ1v) is 6.18. The van der Waals surface area contributed by atoms with Gasteiger partial charge in [0, 0.05) is 25.0 Å². The van der Waals surface area contributed by atoms with Crippen molar-refractivity contribution in [1.82, 2.24) is 10.6 Å². The van der Waals surface area contributed by atoms with Crippen LogP contribution in [0.1, 0.15) is 27.2 Å². The summed E-state index contributed by atoms with van der Waals surface area (Å²) in [7, 11) is 0. The number of ether oxygens (including phenoxy) is 2. The normalized spacial score (nSPS) is 26.6. The minimum absolute atomic E-state index is 0.129. The SMILES string of the molecule is CC(C)(C)OC(=O)NCC1CC2(CNC2)CO1. The van der Waals surface area contributed by atoms with Crippen LogP contribution in [0.2, 0.25) is 0 Å². The van der Waals surface area contributed by atoms with Crippen LogP contribution < -0.4 is 10.6 Å². The first-order chi connectivity index (χ1) is 7.89. The average molecular weight is 242 g/mol. The van der Waals surface area contributed by atoms with Gasteiger partial charge in [-0.05, 0) is 27.2 Å². The molecule has 0 aromatic carbocycles. The zero-order valence-electron chi connectivity index (χ0n) is 10.8. The minimum atomic E-state index is -0.445. The standard InChI is InChI=1S/C12H22N2O3/c1-11(2,3)17-10(15)14-5-9-4-12(8-16-9)6-13-7-12/h9,13H,4-8H2,1-3H3,(H,14,15). The Morgan fingerprint density at radius 3 is 2.71 bits per heavy atom. The fourth-order valence-electron chi connectivity index (χ4n) is 2.26. The lowest BCUT2D eigenvalue weighted by Crippen LogP contribution is -2.54. The molecule has 17 heavy (non-hydrogen) atoms. The molecule has 2 aliphatic rings. The predicted octanol–water partition coefficient (Wildman–Crippen LogP) is 0.890. The summed E-state index contributed by atoms with van der Waals surface area (Å²) in [5.41, 5.74) is -0.111. The van der Waals surface area contributed by atoms with E-state index in [4.69, 9.17) is 9.47 Å². The number of nitrogens with one attached hydrogen (secondary N) is 2. The molecule has 98 valence electrons. The highest BCUT2D eigenvalue weighted by molar-refractivity contribution is 5.67. The van der Waals surface area contributed by atoms with Crippen molar-refractivity contribution in [1.29, 1.82) is 0 Å². The maximum Gasteiger partial charge on any atom is 0.407 e. The van der Waals surface area contributed by atoms with Crippen LogP contribution in [-0.4, -0.2) is 44.0 Å². The van der Waals surface area contributed by atoms with Crippen LogP contribution in [0.25, 0.3) is 0 Å². The topological polar surface area (TPSA) is 59.6 Å². The van der Waals surface area contributed by atoms with Gasteiger partial charge in [0.1, 0.15) is 5.60 Å². The summed E-state index contributed by atoms with van der Waals surface area (Å²) in [6.45, 7) is 8.98. The Morgan fingerprint density at radius 1 is 1.53 bits per heavy atom. The molecule has 2 rings (SSSR count). The number of rotatable bonds is 2. The van der Waals surface area contributed by atoms with Crippen molar-refractivity contribution in [3.05, 3.63) is 0 Å². The summed E-state index contributed by atoms with van der Waals surface area (Å²) in [5, 5.41) is 6.03. The molecule has 2 fully saturated rings. The molecule has 2 saturated heterocycles. The van der Waals surface area contributed by atoms with Gasteiger partial charge in [0.15, 0.2) is 0 Å². The lowest BCUT2D eigenvalue weighted by Gasteiger charge is -2.37. The van der Waals surface area contributed by atoms with Crippen LogP contribution in [-0.2, 0) is 9.47 Å². The van der Waals surface area contributed by atoms with E-state index in [1.54, 1.807) is 0 Å². The number of alkyl carbamates (subject to hydrolysis) is 1. The molecule has 1 unspecified atom stereocenters. The number of amides is 1. The molecule has 2 aliphatic heterocycles. The first-order valence-electron chi connectivity index (χ1n) is 6.18. The summed E-state index contributed by atoms with van der Waals surface area (Å²) in [5.74, 6) is 0. The van der Waals surface area contributed by atoms with E-state index in [1.807, 2.05) is 20.8 Å². The van der Waals surface area contributed by atoms with Crippen LogP contribution in [0, 0.1) is 5.41 Å². The third-order valence-electron chi connectivity index (χ3n) is 3.16. The fourth-order valence-corrected chi connectivity index (χ4v) is 2.26. The van der Waals surface area contributed by atoms with Crippen LogP contribution in [0.4, 0.5) is 4.79 Å². The van der Waals surface area contributed by atoms with E-state index in [-0.39, 0.29) is 12.2 Å². The van der Waals surface area contributed by atoms with Gasteiger partial charge in [0.25, 0.3) is 0 Å². The van der Waals surface area contributed by atoms with Gasteiger partial charge in [-0.15, -0.1) is 0 Å². The third kappa shape index (κ3) is 3.33. The second kappa shape index (κ2) is 4.46. The molecule has 0 aromatic rings. The lowest BCUT2D eigenvalue weighted by molar-refractivity contribution is 0.0455. The first kappa shape index (κ1) is 12.6. The summed E-state index contributed by atoms with van der Waals surface area (Å²) >= 11 is 0. The van der Waals surface area contributed by atoms with E-state index < -0.39 is 5.60 Å². The molecular weight excluding hydrogens is 220 g/mol. The molecule has 5 nitrogen and oxygen atoms in total. The molecule has 1 amide bonds. The number of carbonyl (C=O) groups excluding carboxylic acids is 1. The fraction of sp³-hybridized carbons (Fsp3) is 0.917. The number of hydrogen-bond donors (Lipinski definition) is 2. The van der Waals surface area contributed by atoms with Crippen molar-refractivity contribution in [3.8, 4) is 0 Å². The van der Waals surface area contributed by atoms with Gasteiger partial charge in [0.05, 0.1) is 12.7 Å². The molecule has 1 atom stereocenters. The smallest absolute Gasteiger partial charge is 0.407 e. The van der Waals surface area contributed by atoms with Crippen LogP contribution in [0.15, 0.2) is 0 Å². The molecule has 1 spiro atoms. The summed E-state index contributed by atoms with van der Waals surface area (Å²) in [4.78, 5) is 11.5. The van der Waals surface area contributed by atoms with Gasteiger partial charge in [-0.3, -0.25) is 0 Å². The highest BCUT2D eigenvalue weighted by Gasteiger charge is 2.44. The zero-order chi connectivity index (χ0) is 12.5. The highest BCUT2D eigenvalue weighted by Crippen LogP contribution is 2.35. The minimum Gasteiger partial charge on any atom is -0.444 e. The Balaban J connectivity index is 1.67. The Morgan fingerprint density at radius 2 is 2.24 bits per heavy atom. The van der Waals surface area contributed by atoms with Gasteiger partial charge in [-0.25, -0.2) is 4.79 Å². The van der Waals surface area contributed by atoms with E-state index in [2.05, 4.69) is 10.6 Å². The van der Waals surface area contributed by atoms with Crippen molar-refractivity contribution in [2.45, 2.75) is 38.9 Å². The average Bonchev–Trinajstić information content (AvgIpc) is 2.55. The summed E-state index contributed by atoms with van der Waals surface area (Å²) in [6.07, 6.45) is 0.786. The van der Waals surface area contributed by atoms with Gasteiger partial charge in [-0.2, -0.15) is 0 Å². The Bertz CT molecular complexity index is 295. The molecule has 5 heteroatoms. The molecule has 2 heterocycles. The second-order valence-electron chi connectivity index (χ2n) is 6.12. The molecule has 0 aromatic heterocycles. The Hall–Kier alpha value is -0.810. The largest absolute Gasteiger partial charge is 0.444 e. The lowest BCUT2D eigenvalue weighted by atomic mass is 9.80. The zero-order valence-corrected chi connectivity index (χ0v) is 10.8. The quantitative estimate of drug-likeness (QED) is 0.755. The molecule has 0 aliphatic carbocycles. The van der Waals surface area contributed by atoms with E-state index in [0.29, 0.717) is 12.0 Å².